The number of hydrogen-bond acceptors (Lipinski definition) is 0. The van der Waals surface area contributed by atoms with Gasteiger partial charge in [-0.3, -0.25) is 0 Å². The molecule has 0 aliphatic heterocycles. The molecule has 3 aromatic carbocycles. The molecule has 0 amide bonds. The van der Waals surface area contributed by atoms with Crippen molar-refractivity contribution < 1.29 is 4.39 Å². The summed E-state index contributed by atoms with van der Waals surface area (Å²) in [6, 6.07) is 29.2. The summed E-state index contributed by atoms with van der Waals surface area (Å²) in [7, 11) is 0. The Hall–Kier alpha value is -2.41. The number of alkyl halides is 1. The fraction of sp³-hybridized carbons (Fsp3) is 0.143. The minimum Gasteiger partial charge on any atom is -0.238 e. The maximum absolute atomic E-state index is 15.9. The second-order valence-electron chi connectivity index (χ2n) is 5.66. The predicted octanol–water partition coefficient (Wildman–Crippen LogP) is 5.34. The third-order valence-electron chi connectivity index (χ3n) is 3.95. The van der Waals surface area contributed by atoms with E-state index in [4.69, 9.17) is 0 Å². The van der Waals surface area contributed by atoms with Crippen LogP contribution in [0.2, 0.25) is 0 Å². The van der Waals surface area contributed by atoms with Gasteiger partial charge in [-0.2, -0.15) is 0 Å². The highest BCUT2D eigenvalue weighted by molar-refractivity contribution is 5.30. The van der Waals surface area contributed by atoms with E-state index in [-0.39, 0.29) is 0 Å². The van der Waals surface area contributed by atoms with Gasteiger partial charge in [-0.05, 0) is 16.7 Å². The van der Waals surface area contributed by atoms with Gasteiger partial charge >= 0.3 is 0 Å². The lowest BCUT2D eigenvalue weighted by atomic mass is 9.84. The summed E-state index contributed by atoms with van der Waals surface area (Å²) in [6.07, 6.45) is 0.763. The van der Waals surface area contributed by atoms with Crippen molar-refractivity contribution >= 4 is 0 Å². The van der Waals surface area contributed by atoms with Gasteiger partial charge < -0.3 is 0 Å². The van der Waals surface area contributed by atoms with Crippen LogP contribution in [0.5, 0.6) is 0 Å². The van der Waals surface area contributed by atoms with Crippen molar-refractivity contribution in [1.82, 2.24) is 0 Å². The van der Waals surface area contributed by atoms with Crippen LogP contribution in [0.4, 0.5) is 4.39 Å². The molecule has 3 rings (SSSR count). The molecule has 110 valence electrons. The number of halogens is 1. The van der Waals surface area contributed by atoms with Crippen LogP contribution in [0.25, 0.3) is 0 Å². The van der Waals surface area contributed by atoms with Crippen molar-refractivity contribution in [2.75, 3.05) is 0 Å². The quantitative estimate of drug-likeness (QED) is 0.595. The minimum atomic E-state index is -1.40. The largest absolute Gasteiger partial charge is 0.238 e. The Morgan fingerprint density at radius 3 is 1.32 bits per heavy atom. The van der Waals surface area contributed by atoms with Crippen LogP contribution in [-0.2, 0) is 18.5 Å². The Labute approximate surface area is 131 Å². The van der Waals surface area contributed by atoms with E-state index in [1.165, 1.54) is 0 Å². The highest BCUT2D eigenvalue weighted by Crippen LogP contribution is 2.34. The van der Waals surface area contributed by atoms with E-state index in [0.29, 0.717) is 12.8 Å². The third-order valence-corrected chi connectivity index (χ3v) is 3.95. The van der Waals surface area contributed by atoms with Crippen LogP contribution < -0.4 is 0 Å². The van der Waals surface area contributed by atoms with Crippen molar-refractivity contribution in [1.29, 1.82) is 0 Å². The molecule has 0 saturated heterocycles. The Bertz CT molecular complexity index is 648. The molecule has 0 bridgehead atoms. The SMILES string of the molecule is FC(Cc1ccccc1)(Cc1ccccc1)c1ccccc1. The third kappa shape index (κ3) is 3.43. The summed E-state index contributed by atoms with van der Waals surface area (Å²) in [4.78, 5) is 0. The second kappa shape index (κ2) is 6.57. The molecule has 22 heavy (non-hydrogen) atoms. The molecule has 0 saturated carbocycles. The number of rotatable bonds is 5. The minimum absolute atomic E-state index is 0.382. The molecular formula is C21H19F. The molecule has 3 aromatic rings. The van der Waals surface area contributed by atoms with Gasteiger partial charge in [-0.25, -0.2) is 4.39 Å². The van der Waals surface area contributed by atoms with E-state index in [1.807, 2.05) is 91.0 Å². The monoisotopic (exact) mass is 290 g/mol. The first kappa shape index (κ1) is 14.5. The molecule has 0 aliphatic rings. The standard InChI is InChI=1S/C21H19F/c22-21(20-14-8-3-9-15-20,16-18-10-4-1-5-11-18)17-19-12-6-2-7-13-19/h1-15H,16-17H2. The number of benzene rings is 3. The van der Waals surface area contributed by atoms with E-state index in [2.05, 4.69) is 0 Å². The zero-order valence-electron chi connectivity index (χ0n) is 12.5. The first-order valence-electron chi connectivity index (χ1n) is 7.59. The molecule has 0 fully saturated rings. The highest BCUT2D eigenvalue weighted by Gasteiger charge is 2.32. The Balaban J connectivity index is 1.95. The lowest BCUT2D eigenvalue weighted by Crippen LogP contribution is -2.26. The van der Waals surface area contributed by atoms with Gasteiger partial charge in [0.1, 0.15) is 5.67 Å². The summed E-state index contributed by atoms with van der Waals surface area (Å²) >= 11 is 0. The van der Waals surface area contributed by atoms with Crippen molar-refractivity contribution in [2.24, 2.45) is 0 Å². The first-order chi connectivity index (χ1) is 10.8. The highest BCUT2D eigenvalue weighted by atomic mass is 19.1. The molecule has 0 aliphatic carbocycles. The molecular weight excluding hydrogens is 271 g/mol. The van der Waals surface area contributed by atoms with E-state index in [1.54, 1.807) is 0 Å². The van der Waals surface area contributed by atoms with Crippen LogP contribution in [0.15, 0.2) is 91.0 Å². The summed E-state index contributed by atoms with van der Waals surface area (Å²) in [5.74, 6) is 0. The fourth-order valence-corrected chi connectivity index (χ4v) is 2.84. The van der Waals surface area contributed by atoms with Crippen LogP contribution in [0.3, 0.4) is 0 Å². The summed E-state index contributed by atoms with van der Waals surface area (Å²) in [5, 5.41) is 0. The van der Waals surface area contributed by atoms with E-state index in [0.717, 1.165) is 16.7 Å². The van der Waals surface area contributed by atoms with Crippen molar-refractivity contribution in [3.05, 3.63) is 108 Å². The lowest BCUT2D eigenvalue weighted by Gasteiger charge is -2.26. The van der Waals surface area contributed by atoms with Crippen molar-refractivity contribution in [3.8, 4) is 0 Å². The normalized spacial score (nSPS) is 11.3. The predicted molar refractivity (Wildman–Crippen MR) is 89.5 cm³/mol. The average molecular weight is 290 g/mol. The van der Waals surface area contributed by atoms with Gasteiger partial charge in [-0.15, -0.1) is 0 Å². The van der Waals surface area contributed by atoms with Gasteiger partial charge in [0.05, 0.1) is 0 Å². The smallest absolute Gasteiger partial charge is 0.144 e. The first-order valence-corrected chi connectivity index (χ1v) is 7.59. The number of hydrogen-bond donors (Lipinski definition) is 0. The zero-order chi connectivity index (χ0) is 15.3. The van der Waals surface area contributed by atoms with Gasteiger partial charge in [-0.1, -0.05) is 91.0 Å². The lowest BCUT2D eigenvalue weighted by molar-refractivity contribution is 0.164. The summed E-state index contributed by atoms with van der Waals surface area (Å²) in [6.45, 7) is 0. The maximum Gasteiger partial charge on any atom is 0.144 e. The average Bonchev–Trinajstić information content (AvgIpc) is 2.57. The van der Waals surface area contributed by atoms with E-state index >= 15 is 4.39 Å². The molecule has 0 radical (unpaired) electrons. The van der Waals surface area contributed by atoms with E-state index < -0.39 is 5.67 Å². The maximum atomic E-state index is 15.9. The van der Waals surface area contributed by atoms with Crippen LogP contribution in [0.1, 0.15) is 16.7 Å². The molecule has 0 nitrogen and oxygen atoms in total. The fourth-order valence-electron chi connectivity index (χ4n) is 2.84. The van der Waals surface area contributed by atoms with E-state index in [9.17, 15) is 0 Å². The Morgan fingerprint density at radius 1 is 0.545 bits per heavy atom. The van der Waals surface area contributed by atoms with Crippen molar-refractivity contribution in [2.45, 2.75) is 18.5 Å². The molecule has 1 heteroatoms. The molecule has 0 atom stereocenters. The van der Waals surface area contributed by atoms with Gasteiger partial charge in [0.25, 0.3) is 0 Å². The van der Waals surface area contributed by atoms with Crippen LogP contribution in [-0.4, -0.2) is 0 Å². The van der Waals surface area contributed by atoms with Gasteiger partial charge in [0.2, 0.25) is 0 Å². The molecule has 0 aromatic heterocycles. The molecule has 0 heterocycles. The Morgan fingerprint density at radius 2 is 0.909 bits per heavy atom. The van der Waals surface area contributed by atoms with Crippen LogP contribution >= 0.6 is 0 Å². The molecule has 0 unspecified atom stereocenters. The summed E-state index contributed by atoms with van der Waals surface area (Å²) in [5.41, 5.74) is 1.38. The van der Waals surface area contributed by atoms with Gasteiger partial charge in [0.15, 0.2) is 0 Å². The Kier molecular flexibility index (Phi) is 4.34. The van der Waals surface area contributed by atoms with Crippen molar-refractivity contribution in [3.63, 3.8) is 0 Å². The second-order valence-corrected chi connectivity index (χ2v) is 5.66. The van der Waals surface area contributed by atoms with Gasteiger partial charge in [0, 0.05) is 12.8 Å². The molecule has 0 spiro atoms. The topological polar surface area (TPSA) is 0 Å². The summed E-state index contributed by atoms with van der Waals surface area (Å²) < 4.78 is 15.9. The molecule has 0 N–H and O–H groups in total. The zero-order valence-corrected chi connectivity index (χ0v) is 12.5. The van der Waals surface area contributed by atoms with Crippen LogP contribution in [0, 0.1) is 0 Å².